The van der Waals surface area contributed by atoms with Crippen LogP contribution in [-0.4, -0.2) is 41.9 Å². The summed E-state index contributed by atoms with van der Waals surface area (Å²) in [5.74, 6) is -1.59. The molecule has 0 radical (unpaired) electrons. The number of aliphatic carboxylic acids is 1. The maximum atomic E-state index is 11.7. The number of rotatable bonds is 24. The van der Waals surface area contributed by atoms with Gasteiger partial charge < -0.3 is 9.84 Å². The third kappa shape index (κ3) is 29.2. The molecule has 1 N–H and O–H groups in total. The van der Waals surface area contributed by atoms with Gasteiger partial charge in [-0.1, -0.05) is 116 Å². The van der Waals surface area contributed by atoms with Crippen LogP contribution < -0.4 is 0 Å². The second-order valence-electron chi connectivity index (χ2n) is 9.21. The van der Waals surface area contributed by atoms with E-state index in [9.17, 15) is 14.4 Å². The summed E-state index contributed by atoms with van der Waals surface area (Å²) in [6, 6.07) is 0. The maximum absolute atomic E-state index is 11.7. The minimum atomic E-state index is -0.763. The first kappa shape index (κ1) is 34.4. The standard InChI is InChI=1S/C27H50O5.Li.H/c1-2-3-4-5-6-7-8-9-10-11-12-13-14-17-20-23-26(30)32-27(31)24-21-18-15-16-19-22-25(28)29;;/h2-24H2,1H3,(H,28,29);;. The Balaban J connectivity index is 0. The van der Waals surface area contributed by atoms with Crippen LogP contribution in [0.25, 0.3) is 0 Å². The predicted molar refractivity (Wildman–Crippen MR) is 138 cm³/mol. The van der Waals surface area contributed by atoms with E-state index in [0.717, 1.165) is 38.5 Å². The first-order valence-corrected chi connectivity index (χ1v) is 13.5. The van der Waals surface area contributed by atoms with E-state index in [4.69, 9.17) is 9.84 Å². The third-order valence-corrected chi connectivity index (χ3v) is 5.98. The number of carbonyl (C=O) groups excluding carboxylic acids is 2. The fraction of sp³-hybridized carbons (Fsp3) is 0.889. The van der Waals surface area contributed by atoms with Crippen molar-refractivity contribution in [3.05, 3.63) is 0 Å². The van der Waals surface area contributed by atoms with Crippen LogP contribution in [0.2, 0.25) is 0 Å². The molecule has 5 nitrogen and oxygen atoms in total. The summed E-state index contributed by atoms with van der Waals surface area (Å²) in [6.45, 7) is 2.26. The Morgan fingerprint density at radius 1 is 0.485 bits per heavy atom. The molecule has 0 saturated heterocycles. The van der Waals surface area contributed by atoms with Crippen molar-refractivity contribution >= 4 is 36.8 Å². The molecule has 0 heterocycles. The van der Waals surface area contributed by atoms with Crippen molar-refractivity contribution in [3.63, 3.8) is 0 Å². The average Bonchev–Trinajstić information content (AvgIpc) is 2.75. The molecule has 0 spiro atoms. The molecule has 0 aromatic heterocycles. The Labute approximate surface area is 215 Å². The Bertz CT molecular complexity index is 467. The van der Waals surface area contributed by atoms with Gasteiger partial charge in [-0.05, 0) is 19.3 Å². The number of ether oxygens (including phenoxy) is 1. The van der Waals surface area contributed by atoms with Crippen LogP contribution in [0.15, 0.2) is 0 Å². The Hall–Kier alpha value is -0.793. The summed E-state index contributed by atoms with van der Waals surface area (Å²) >= 11 is 0. The molecule has 0 bridgehead atoms. The Morgan fingerprint density at radius 2 is 0.758 bits per heavy atom. The van der Waals surface area contributed by atoms with Crippen molar-refractivity contribution < 1.29 is 24.2 Å². The molecule has 6 heteroatoms. The van der Waals surface area contributed by atoms with Gasteiger partial charge in [0, 0.05) is 19.3 Å². The fourth-order valence-electron chi connectivity index (χ4n) is 3.95. The summed E-state index contributed by atoms with van der Waals surface area (Å²) in [5, 5.41) is 8.56. The number of hydrogen-bond acceptors (Lipinski definition) is 4. The molecule has 0 aliphatic heterocycles. The summed E-state index contributed by atoms with van der Waals surface area (Å²) in [7, 11) is 0. The first-order valence-electron chi connectivity index (χ1n) is 13.5. The molecule has 0 unspecified atom stereocenters. The second kappa shape index (κ2) is 27.5. The van der Waals surface area contributed by atoms with Crippen molar-refractivity contribution in [1.29, 1.82) is 0 Å². The van der Waals surface area contributed by atoms with Gasteiger partial charge >= 0.3 is 36.8 Å². The SMILES string of the molecule is CCCCCCCCCCCCCCCCCC(=O)OC(=O)CCCCCCCC(=O)O.[LiH]. The molecule has 0 aromatic carbocycles. The minimum absolute atomic E-state index is 0. The van der Waals surface area contributed by atoms with Crippen LogP contribution >= 0.6 is 0 Å². The van der Waals surface area contributed by atoms with E-state index in [0.29, 0.717) is 19.3 Å². The summed E-state index contributed by atoms with van der Waals surface area (Å²) < 4.78 is 4.87. The normalized spacial score (nSPS) is 10.6. The van der Waals surface area contributed by atoms with E-state index in [2.05, 4.69) is 6.92 Å². The van der Waals surface area contributed by atoms with Gasteiger partial charge in [0.15, 0.2) is 0 Å². The molecule has 190 valence electrons. The molecule has 0 aliphatic rings. The van der Waals surface area contributed by atoms with E-state index in [1.807, 2.05) is 0 Å². The number of esters is 2. The van der Waals surface area contributed by atoms with E-state index in [-0.39, 0.29) is 31.7 Å². The van der Waals surface area contributed by atoms with Crippen LogP contribution in [0.4, 0.5) is 0 Å². The molecule has 0 aromatic rings. The number of hydrogen-bond donors (Lipinski definition) is 1. The molecule has 0 aliphatic carbocycles. The number of carbonyl (C=O) groups is 3. The van der Waals surface area contributed by atoms with Gasteiger partial charge in [-0.3, -0.25) is 14.4 Å². The van der Waals surface area contributed by atoms with Crippen LogP contribution in [0.1, 0.15) is 155 Å². The summed E-state index contributed by atoms with van der Waals surface area (Å²) in [4.78, 5) is 33.8. The van der Waals surface area contributed by atoms with Crippen molar-refractivity contribution in [2.24, 2.45) is 0 Å². The van der Waals surface area contributed by atoms with Gasteiger partial charge in [-0.2, -0.15) is 0 Å². The zero-order valence-electron chi connectivity index (χ0n) is 20.8. The topological polar surface area (TPSA) is 80.7 Å². The van der Waals surface area contributed by atoms with E-state index in [1.165, 1.54) is 77.0 Å². The van der Waals surface area contributed by atoms with Gasteiger partial charge in [0.2, 0.25) is 0 Å². The van der Waals surface area contributed by atoms with Gasteiger partial charge in [0.05, 0.1) is 0 Å². The quantitative estimate of drug-likeness (QED) is 0.0696. The van der Waals surface area contributed by atoms with Crippen molar-refractivity contribution in [2.75, 3.05) is 0 Å². The Kier molecular flexibility index (Phi) is 28.6. The predicted octanol–water partition coefficient (Wildman–Crippen LogP) is 7.48. The van der Waals surface area contributed by atoms with E-state index < -0.39 is 17.9 Å². The number of unbranched alkanes of at least 4 members (excludes halogenated alkanes) is 18. The van der Waals surface area contributed by atoms with Gasteiger partial charge in [0.1, 0.15) is 0 Å². The molecule has 0 amide bonds. The number of carboxylic acid groups (broad SMARTS) is 1. The van der Waals surface area contributed by atoms with Gasteiger partial charge in [-0.25, -0.2) is 0 Å². The van der Waals surface area contributed by atoms with Crippen LogP contribution in [0.5, 0.6) is 0 Å². The fourth-order valence-corrected chi connectivity index (χ4v) is 3.95. The first-order chi connectivity index (χ1) is 15.6. The molecule has 0 rings (SSSR count). The van der Waals surface area contributed by atoms with Gasteiger partial charge in [0.25, 0.3) is 0 Å². The van der Waals surface area contributed by atoms with E-state index in [1.54, 1.807) is 0 Å². The molecule has 0 atom stereocenters. The number of carboxylic acids is 1. The van der Waals surface area contributed by atoms with Crippen LogP contribution in [0.3, 0.4) is 0 Å². The summed E-state index contributed by atoms with van der Waals surface area (Å²) in [5.41, 5.74) is 0. The molecule has 33 heavy (non-hydrogen) atoms. The molecule has 0 fully saturated rings. The summed E-state index contributed by atoms with van der Waals surface area (Å²) in [6.07, 6.45) is 24.1. The van der Waals surface area contributed by atoms with Crippen LogP contribution in [0, 0.1) is 0 Å². The average molecular weight is 463 g/mol. The second-order valence-corrected chi connectivity index (χ2v) is 9.21. The van der Waals surface area contributed by atoms with Crippen molar-refractivity contribution in [3.8, 4) is 0 Å². The van der Waals surface area contributed by atoms with Gasteiger partial charge in [-0.15, -0.1) is 0 Å². The zero-order valence-corrected chi connectivity index (χ0v) is 20.8. The molecular formula is C27H51LiO5. The molecular weight excluding hydrogens is 411 g/mol. The van der Waals surface area contributed by atoms with Crippen molar-refractivity contribution in [1.82, 2.24) is 0 Å². The van der Waals surface area contributed by atoms with Crippen LogP contribution in [-0.2, 0) is 19.1 Å². The third-order valence-electron chi connectivity index (χ3n) is 5.98. The van der Waals surface area contributed by atoms with Crippen molar-refractivity contribution in [2.45, 2.75) is 155 Å². The Morgan fingerprint density at radius 3 is 1.06 bits per heavy atom. The zero-order chi connectivity index (χ0) is 23.7. The monoisotopic (exact) mass is 462 g/mol. The molecule has 0 saturated carbocycles. The van der Waals surface area contributed by atoms with E-state index >= 15 is 0 Å².